The number of halogens is 2. The molecule has 2 unspecified atom stereocenters. The maximum Gasteiger partial charge on any atom is 0.179 e. The summed E-state index contributed by atoms with van der Waals surface area (Å²) in [7, 11) is 0. The van der Waals surface area contributed by atoms with E-state index in [1.54, 1.807) is 30.0 Å². The number of rotatable bonds is 2. The first kappa shape index (κ1) is 16.5. The molecule has 1 aliphatic heterocycles. The van der Waals surface area contributed by atoms with Gasteiger partial charge in [-0.25, -0.2) is 0 Å². The Morgan fingerprint density at radius 2 is 1.79 bits per heavy atom. The van der Waals surface area contributed by atoms with E-state index in [0.717, 1.165) is 23.3 Å². The van der Waals surface area contributed by atoms with Crippen molar-refractivity contribution in [3.05, 3.63) is 62.6 Å². The standard InChI is InChI=1S/C19H17Cl2NOS/c20-12-5-6-13(15(21)9-12)18(23)19-17(22)14-7-10-3-1-2-4-11(10)8-16(14)24-19/h5-9,17,19H,1-4,22H2. The van der Waals surface area contributed by atoms with Gasteiger partial charge >= 0.3 is 0 Å². The van der Waals surface area contributed by atoms with Crippen LogP contribution in [0.4, 0.5) is 0 Å². The molecular weight excluding hydrogens is 361 g/mol. The van der Waals surface area contributed by atoms with Crippen LogP contribution in [0.15, 0.2) is 35.2 Å². The quantitative estimate of drug-likeness (QED) is 0.728. The molecule has 2 aromatic rings. The lowest BCUT2D eigenvalue weighted by Gasteiger charge is -2.18. The van der Waals surface area contributed by atoms with E-state index in [-0.39, 0.29) is 17.1 Å². The predicted octanol–water partition coefficient (Wildman–Crippen LogP) is 5.23. The summed E-state index contributed by atoms with van der Waals surface area (Å²) in [5, 5.41) is 0.578. The van der Waals surface area contributed by atoms with E-state index >= 15 is 0 Å². The van der Waals surface area contributed by atoms with Crippen LogP contribution in [0.2, 0.25) is 10.0 Å². The van der Waals surface area contributed by atoms with Crippen molar-refractivity contribution < 1.29 is 4.79 Å². The Kier molecular flexibility index (Phi) is 4.38. The molecule has 0 amide bonds. The Labute approximate surface area is 155 Å². The Bertz CT molecular complexity index is 836. The number of fused-ring (bicyclic) bond motifs is 2. The molecule has 2 atom stereocenters. The van der Waals surface area contributed by atoms with Crippen LogP contribution in [0.3, 0.4) is 0 Å². The minimum atomic E-state index is -0.331. The van der Waals surface area contributed by atoms with Crippen LogP contribution in [-0.4, -0.2) is 11.0 Å². The molecule has 0 saturated heterocycles. The van der Waals surface area contributed by atoms with Crippen molar-refractivity contribution in [2.75, 3.05) is 0 Å². The van der Waals surface area contributed by atoms with E-state index in [2.05, 4.69) is 12.1 Å². The van der Waals surface area contributed by atoms with Gasteiger partial charge in [0.15, 0.2) is 5.78 Å². The number of carbonyl (C=O) groups is 1. The lowest BCUT2D eigenvalue weighted by molar-refractivity contribution is 0.0983. The number of hydrogen-bond donors (Lipinski definition) is 1. The molecule has 2 nitrogen and oxygen atoms in total. The molecule has 0 bridgehead atoms. The van der Waals surface area contributed by atoms with Crippen LogP contribution in [0, 0.1) is 0 Å². The SMILES string of the molecule is NC1c2cc3c(cc2SC1C(=O)c1ccc(Cl)cc1Cl)CCCC3. The third-order valence-corrected chi connectivity index (χ3v) is 6.79. The van der Waals surface area contributed by atoms with Gasteiger partial charge in [0.25, 0.3) is 0 Å². The Balaban J connectivity index is 1.67. The second-order valence-corrected chi connectivity index (χ2v) is 8.45. The van der Waals surface area contributed by atoms with Crippen molar-refractivity contribution in [1.82, 2.24) is 0 Å². The van der Waals surface area contributed by atoms with E-state index in [1.165, 1.54) is 24.0 Å². The first-order valence-corrected chi connectivity index (χ1v) is 9.75. The molecule has 1 aliphatic carbocycles. The number of ketones is 1. The van der Waals surface area contributed by atoms with Gasteiger partial charge in [0.05, 0.1) is 16.3 Å². The van der Waals surface area contributed by atoms with Gasteiger partial charge < -0.3 is 5.73 Å². The molecule has 0 radical (unpaired) electrons. The van der Waals surface area contributed by atoms with Gasteiger partial charge in [0.2, 0.25) is 0 Å². The zero-order valence-electron chi connectivity index (χ0n) is 13.0. The highest BCUT2D eigenvalue weighted by molar-refractivity contribution is 8.01. The number of thioether (sulfide) groups is 1. The minimum absolute atomic E-state index is 0.0247. The molecule has 0 saturated carbocycles. The third-order valence-electron chi connectivity index (χ3n) is 4.87. The number of nitrogens with two attached hydrogens (primary N) is 1. The summed E-state index contributed by atoms with van der Waals surface area (Å²) < 4.78 is 0. The third kappa shape index (κ3) is 2.78. The molecular formula is C19H17Cl2NOS. The average Bonchev–Trinajstić information content (AvgIpc) is 2.88. The summed E-state index contributed by atoms with van der Waals surface area (Å²) >= 11 is 13.7. The van der Waals surface area contributed by atoms with Crippen molar-refractivity contribution in [2.45, 2.75) is 41.9 Å². The van der Waals surface area contributed by atoms with Crippen LogP contribution >= 0.6 is 35.0 Å². The molecule has 0 fully saturated rings. The highest BCUT2D eigenvalue weighted by Gasteiger charge is 2.37. The van der Waals surface area contributed by atoms with Crippen molar-refractivity contribution in [3.8, 4) is 0 Å². The molecule has 5 heteroatoms. The van der Waals surface area contributed by atoms with Gasteiger partial charge in [-0.1, -0.05) is 29.3 Å². The van der Waals surface area contributed by atoms with Crippen molar-refractivity contribution >= 4 is 40.7 Å². The van der Waals surface area contributed by atoms with Gasteiger partial charge in [-0.05, 0) is 66.6 Å². The molecule has 4 rings (SSSR count). The zero-order chi connectivity index (χ0) is 16.8. The lowest BCUT2D eigenvalue weighted by atomic mass is 9.88. The van der Waals surface area contributed by atoms with Crippen LogP contribution in [0.25, 0.3) is 0 Å². The molecule has 1 heterocycles. The Morgan fingerprint density at radius 1 is 1.08 bits per heavy atom. The van der Waals surface area contributed by atoms with E-state index in [4.69, 9.17) is 28.9 Å². The first-order chi connectivity index (χ1) is 11.5. The topological polar surface area (TPSA) is 43.1 Å². The van der Waals surface area contributed by atoms with Crippen LogP contribution in [0.5, 0.6) is 0 Å². The number of benzene rings is 2. The van der Waals surface area contributed by atoms with Gasteiger partial charge in [-0.3, -0.25) is 4.79 Å². The second-order valence-electron chi connectivity index (χ2n) is 6.42. The second kappa shape index (κ2) is 6.38. The normalized spacial score (nSPS) is 22.1. The summed E-state index contributed by atoms with van der Waals surface area (Å²) in [4.78, 5) is 14.1. The van der Waals surface area contributed by atoms with E-state index in [0.29, 0.717) is 15.6 Å². The molecule has 124 valence electrons. The summed E-state index contributed by atoms with van der Waals surface area (Å²) in [6.45, 7) is 0. The molecule has 0 spiro atoms. The minimum Gasteiger partial charge on any atom is -0.323 e. The summed E-state index contributed by atoms with van der Waals surface area (Å²) in [5.41, 5.74) is 10.8. The van der Waals surface area contributed by atoms with E-state index < -0.39 is 0 Å². The van der Waals surface area contributed by atoms with E-state index in [1.807, 2.05) is 0 Å². The number of carbonyl (C=O) groups excluding carboxylic acids is 1. The maximum absolute atomic E-state index is 13.0. The largest absolute Gasteiger partial charge is 0.323 e. The summed E-state index contributed by atoms with van der Waals surface area (Å²) in [6.07, 6.45) is 4.71. The van der Waals surface area contributed by atoms with E-state index in [9.17, 15) is 4.79 Å². The average molecular weight is 378 g/mol. The summed E-state index contributed by atoms with van der Waals surface area (Å²) in [5.74, 6) is -0.0247. The first-order valence-electron chi connectivity index (χ1n) is 8.12. The monoisotopic (exact) mass is 377 g/mol. The van der Waals surface area contributed by atoms with Gasteiger partial charge in [-0.2, -0.15) is 0 Å². The number of Topliss-reactive ketones (excluding diaryl/α,β-unsaturated/α-hetero) is 1. The zero-order valence-corrected chi connectivity index (χ0v) is 15.3. The van der Waals surface area contributed by atoms with Crippen LogP contribution in [-0.2, 0) is 12.8 Å². The lowest BCUT2D eigenvalue weighted by Crippen LogP contribution is -2.27. The van der Waals surface area contributed by atoms with Gasteiger partial charge in [-0.15, -0.1) is 11.8 Å². The number of hydrogen-bond acceptors (Lipinski definition) is 3. The molecule has 2 aromatic carbocycles. The molecule has 0 aromatic heterocycles. The Morgan fingerprint density at radius 3 is 2.50 bits per heavy atom. The highest BCUT2D eigenvalue weighted by Crippen LogP contribution is 2.46. The van der Waals surface area contributed by atoms with Crippen LogP contribution in [0.1, 0.15) is 45.9 Å². The fourth-order valence-electron chi connectivity index (χ4n) is 3.58. The van der Waals surface area contributed by atoms with Gasteiger partial charge in [0.1, 0.15) is 0 Å². The van der Waals surface area contributed by atoms with Crippen molar-refractivity contribution in [3.63, 3.8) is 0 Å². The molecule has 2 aliphatic rings. The highest BCUT2D eigenvalue weighted by atomic mass is 35.5. The fourth-order valence-corrected chi connectivity index (χ4v) is 5.42. The Hall–Kier alpha value is -1.000. The smallest absolute Gasteiger partial charge is 0.179 e. The molecule has 24 heavy (non-hydrogen) atoms. The number of aryl methyl sites for hydroxylation is 2. The van der Waals surface area contributed by atoms with Gasteiger partial charge in [0, 0.05) is 15.5 Å². The van der Waals surface area contributed by atoms with Crippen molar-refractivity contribution in [2.24, 2.45) is 5.73 Å². The fraction of sp³-hybridized carbons (Fsp3) is 0.316. The van der Waals surface area contributed by atoms with Crippen molar-refractivity contribution in [1.29, 1.82) is 0 Å². The predicted molar refractivity (Wildman–Crippen MR) is 100 cm³/mol. The maximum atomic E-state index is 13.0. The van der Waals surface area contributed by atoms with Crippen LogP contribution < -0.4 is 5.73 Å². The summed E-state index contributed by atoms with van der Waals surface area (Å²) in [6, 6.07) is 9.15. The molecule has 2 N–H and O–H groups in total.